The summed E-state index contributed by atoms with van der Waals surface area (Å²) in [5, 5.41) is 3.24. The quantitative estimate of drug-likeness (QED) is 0.536. The van der Waals surface area contributed by atoms with E-state index in [0.29, 0.717) is 21.8 Å². The molecule has 31 heavy (non-hydrogen) atoms. The fraction of sp³-hybridized carbons (Fsp3) is 0.208. The highest BCUT2D eigenvalue weighted by Crippen LogP contribution is 2.23. The first kappa shape index (κ1) is 23.0. The minimum atomic E-state index is -3.94. The Morgan fingerprint density at radius 2 is 1.58 bits per heavy atom. The van der Waals surface area contributed by atoms with E-state index >= 15 is 0 Å². The van der Waals surface area contributed by atoms with Crippen molar-refractivity contribution in [3.8, 4) is 0 Å². The average molecular weight is 457 g/mol. The van der Waals surface area contributed by atoms with E-state index in [0.717, 1.165) is 11.1 Å². The molecule has 0 unspecified atom stereocenters. The first-order valence-electron chi connectivity index (χ1n) is 9.86. The number of carbonyl (C=O) groups is 1. The lowest BCUT2D eigenvalue weighted by Gasteiger charge is -2.21. The lowest BCUT2D eigenvalue weighted by molar-refractivity contribution is -0.117. The van der Waals surface area contributed by atoms with E-state index in [2.05, 4.69) is 10.0 Å². The zero-order valence-corrected chi connectivity index (χ0v) is 19.2. The van der Waals surface area contributed by atoms with Crippen LogP contribution in [-0.4, -0.2) is 20.4 Å². The standard InChI is InChI=1S/C24H25ClN2O3S/c1-16-12-17(2)23(18(3)13-16)31(29,30)27-22(14-19-8-5-4-6-9-19)24(28)26-21-11-7-10-20(25)15-21/h4-13,15,22,27H,14H2,1-3H3,(H,26,28)/t22-/m0/s1. The number of benzene rings is 3. The van der Waals surface area contributed by atoms with Gasteiger partial charge in [0, 0.05) is 10.7 Å². The molecule has 3 aromatic carbocycles. The number of hydrogen-bond donors (Lipinski definition) is 2. The van der Waals surface area contributed by atoms with Gasteiger partial charge in [0.2, 0.25) is 15.9 Å². The Hall–Kier alpha value is -2.67. The first-order chi connectivity index (χ1) is 14.7. The van der Waals surface area contributed by atoms with Crippen molar-refractivity contribution in [3.05, 3.63) is 94.0 Å². The minimum absolute atomic E-state index is 0.201. The van der Waals surface area contributed by atoms with Crippen molar-refractivity contribution in [3.63, 3.8) is 0 Å². The van der Waals surface area contributed by atoms with E-state index < -0.39 is 22.0 Å². The van der Waals surface area contributed by atoms with Crippen molar-refractivity contribution in [2.75, 3.05) is 5.32 Å². The van der Waals surface area contributed by atoms with Crippen LogP contribution >= 0.6 is 11.6 Å². The number of hydrogen-bond acceptors (Lipinski definition) is 3. The highest BCUT2D eigenvalue weighted by atomic mass is 35.5. The number of nitrogens with one attached hydrogen (secondary N) is 2. The largest absolute Gasteiger partial charge is 0.325 e. The summed E-state index contributed by atoms with van der Waals surface area (Å²) in [6.07, 6.45) is 0.205. The van der Waals surface area contributed by atoms with Crippen molar-refractivity contribution in [2.45, 2.75) is 38.1 Å². The molecule has 0 aliphatic rings. The van der Waals surface area contributed by atoms with E-state index in [1.54, 1.807) is 38.1 Å². The molecule has 0 spiro atoms. The Balaban J connectivity index is 1.93. The third-order valence-corrected chi connectivity index (χ3v) is 6.87. The second kappa shape index (κ2) is 9.64. The van der Waals surface area contributed by atoms with Gasteiger partial charge in [-0.15, -0.1) is 0 Å². The Morgan fingerprint density at radius 3 is 2.19 bits per heavy atom. The van der Waals surface area contributed by atoms with Gasteiger partial charge in [-0.3, -0.25) is 4.79 Å². The van der Waals surface area contributed by atoms with Gasteiger partial charge < -0.3 is 5.32 Å². The van der Waals surface area contributed by atoms with Crippen LogP contribution in [0.25, 0.3) is 0 Å². The summed E-state index contributed by atoms with van der Waals surface area (Å²) in [6, 6.07) is 18.6. The van der Waals surface area contributed by atoms with Crippen LogP contribution in [0.5, 0.6) is 0 Å². The van der Waals surface area contributed by atoms with Crippen LogP contribution in [0.4, 0.5) is 5.69 Å². The molecule has 2 N–H and O–H groups in total. The Labute approximate surface area is 188 Å². The lowest BCUT2D eigenvalue weighted by Crippen LogP contribution is -2.45. The van der Waals surface area contributed by atoms with Gasteiger partial charge in [0.05, 0.1) is 4.90 Å². The summed E-state index contributed by atoms with van der Waals surface area (Å²) in [6.45, 7) is 5.43. The van der Waals surface area contributed by atoms with E-state index in [9.17, 15) is 13.2 Å². The molecule has 0 saturated carbocycles. The molecule has 0 aliphatic heterocycles. The van der Waals surface area contributed by atoms with Gasteiger partial charge in [-0.05, 0) is 62.1 Å². The monoisotopic (exact) mass is 456 g/mol. The highest BCUT2D eigenvalue weighted by molar-refractivity contribution is 7.89. The number of rotatable bonds is 7. The van der Waals surface area contributed by atoms with Crippen LogP contribution in [0.15, 0.2) is 71.6 Å². The lowest BCUT2D eigenvalue weighted by atomic mass is 10.1. The molecule has 0 heterocycles. The van der Waals surface area contributed by atoms with Crippen molar-refractivity contribution in [2.24, 2.45) is 0 Å². The highest BCUT2D eigenvalue weighted by Gasteiger charge is 2.28. The summed E-state index contributed by atoms with van der Waals surface area (Å²) >= 11 is 6.01. The zero-order chi connectivity index (χ0) is 22.6. The molecule has 1 atom stereocenters. The fourth-order valence-corrected chi connectivity index (χ4v) is 5.51. The number of sulfonamides is 1. The zero-order valence-electron chi connectivity index (χ0n) is 17.6. The first-order valence-corrected chi connectivity index (χ1v) is 11.7. The second-order valence-electron chi connectivity index (χ2n) is 7.59. The van der Waals surface area contributed by atoms with Gasteiger partial charge in [-0.1, -0.05) is 65.7 Å². The molecule has 3 aromatic rings. The summed E-state index contributed by atoms with van der Waals surface area (Å²) in [7, 11) is -3.94. The molecule has 0 fully saturated rings. The van der Waals surface area contributed by atoms with Crippen LogP contribution in [0.3, 0.4) is 0 Å². The summed E-state index contributed by atoms with van der Waals surface area (Å²) in [5.74, 6) is -0.461. The van der Waals surface area contributed by atoms with Crippen LogP contribution < -0.4 is 10.0 Å². The third kappa shape index (κ3) is 5.94. The molecular weight excluding hydrogens is 432 g/mol. The van der Waals surface area contributed by atoms with Gasteiger partial charge in [-0.25, -0.2) is 8.42 Å². The van der Waals surface area contributed by atoms with Crippen LogP contribution in [-0.2, 0) is 21.2 Å². The molecule has 1 amide bonds. The van der Waals surface area contributed by atoms with E-state index in [1.807, 2.05) is 49.4 Å². The van der Waals surface area contributed by atoms with Crippen molar-refractivity contribution >= 4 is 33.2 Å². The van der Waals surface area contributed by atoms with Crippen molar-refractivity contribution in [1.82, 2.24) is 4.72 Å². The summed E-state index contributed by atoms with van der Waals surface area (Å²) < 4.78 is 29.2. The van der Waals surface area contributed by atoms with E-state index in [1.165, 1.54) is 0 Å². The topological polar surface area (TPSA) is 75.3 Å². The normalized spacial score (nSPS) is 12.4. The molecule has 7 heteroatoms. The smallest absolute Gasteiger partial charge is 0.242 e. The molecule has 3 rings (SSSR count). The van der Waals surface area contributed by atoms with Crippen molar-refractivity contribution in [1.29, 1.82) is 0 Å². The number of anilines is 1. The number of amides is 1. The number of halogens is 1. The predicted molar refractivity (Wildman–Crippen MR) is 125 cm³/mol. The molecule has 0 bridgehead atoms. The average Bonchev–Trinajstić information content (AvgIpc) is 2.67. The Kier molecular flexibility index (Phi) is 7.15. The van der Waals surface area contributed by atoms with Gasteiger partial charge in [0.1, 0.15) is 6.04 Å². The maximum Gasteiger partial charge on any atom is 0.242 e. The molecule has 162 valence electrons. The maximum absolute atomic E-state index is 13.3. The Bertz CT molecular complexity index is 1170. The van der Waals surface area contributed by atoms with E-state index in [-0.39, 0.29) is 11.3 Å². The van der Waals surface area contributed by atoms with Gasteiger partial charge >= 0.3 is 0 Å². The SMILES string of the molecule is Cc1cc(C)c(S(=O)(=O)N[C@@H](Cc2ccccc2)C(=O)Nc2cccc(Cl)c2)c(C)c1. The van der Waals surface area contributed by atoms with Crippen LogP contribution in [0.1, 0.15) is 22.3 Å². The summed E-state index contributed by atoms with van der Waals surface area (Å²) in [5.41, 5.74) is 3.59. The summed E-state index contributed by atoms with van der Waals surface area (Å²) in [4.78, 5) is 13.3. The van der Waals surface area contributed by atoms with Gasteiger partial charge in [-0.2, -0.15) is 4.72 Å². The Morgan fingerprint density at radius 1 is 0.935 bits per heavy atom. The van der Waals surface area contributed by atoms with Gasteiger partial charge in [0.15, 0.2) is 0 Å². The fourth-order valence-electron chi connectivity index (χ4n) is 3.67. The van der Waals surface area contributed by atoms with Crippen molar-refractivity contribution < 1.29 is 13.2 Å². The van der Waals surface area contributed by atoms with E-state index in [4.69, 9.17) is 11.6 Å². The minimum Gasteiger partial charge on any atom is -0.325 e. The molecule has 5 nitrogen and oxygen atoms in total. The number of aryl methyl sites for hydroxylation is 3. The van der Waals surface area contributed by atoms with Crippen LogP contribution in [0.2, 0.25) is 5.02 Å². The molecule has 0 aliphatic carbocycles. The number of carbonyl (C=O) groups excluding carboxylic acids is 1. The second-order valence-corrected chi connectivity index (χ2v) is 9.68. The molecule has 0 aromatic heterocycles. The third-order valence-electron chi connectivity index (χ3n) is 4.86. The molecule has 0 radical (unpaired) electrons. The predicted octanol–water partition coefficient (Wildman–Crippen LogP) is 4.79. The maximum atomic E-state index is 13.3. The van der Waals surface area contributed by atoms with Crippen LogP contribution in [0, 0.1) is 20.8 Å². The van der Waals surface area contributed by atoms with Gasteiger partial charge in [0.25, 0.3) is 0 Å². The molecular formula is C24H25ClN2O3S. The molecule has 0 saturated heterocycles.